The quantitative estimate of drug-likeness (QED) is 0.106. The number of aromatic nitrogens is 1. The summed E-state index contributed by atoms with van der Waals surface area (Å²) in [4.78, 5) is 33.5. The number of carbonyl (C=O) groups excluding carboxylic acids is 2. The second-order valence-electron chi connectivity index (χ2n) is 16.7. The van der Waals surface area contributed by atoms with E-state index >= 15 is 0 Å². The summed E-state index contributed by atoms with van der Waals surface area (Å²) in [6, 6.07) is 19.6. The average molecular weight is 825 g/mol. The number of hydrogen-bond acceptors (Lipinski definition) is 9. The van der Waals surface area contributed by atoms with Crippen molar-refractivity contribution in [2.45, 2.75) is 70.4 Å². The first-order valence-electron chi connectivity index (χ1n) is 20.0. The highest BCUT2D eigenvalue weighted by Gasteiger charge is 2.52. The number of pyridine rings is 1. The number of carbonyl (C=O) groups is 2. The Balaban J connectivity index is 0.903. The van der Waals surface area contributed by atoms with Crippen LogP contribution in [0.3, 0.4) is 0 Å². The second-order valence-corrected chi connectivity index (χ2v) is 17.5. The lowest BCUT2D eigenvalue weighted by molar-refractivity contribution is -0.128. The molecule has 9 rings (SSSR count). The average Bonchev–Trinajstić information content (AvgIpc) is 3.88. The van der Waals surface area contributed by atoms with Gasteiger partial charge in [0.15, 0.2) is 0 Å². The summed E-state index contributed by atoms with van der Waals surface area (Å²) in [6.07, 6.45) is 6.90. The molecule has 0 radical (unpaired) electrons. The van der Waals surface area contributed by atoms with Crippen LogP contribution in [0.15, 0.2) is 67.0 Å². The Bertz CT molecular complexity index is 2310. The van der Waals surface area contributed by atoms with Gasteiger partial charge in [-0.3, -0.25) is 24.8 Å². The lowest BCUT2D eigenvalue weighted by Gasteiger charge is -2.57. The highest BCUT2D eigenvalue weighted by Crippen LogP contribution is 2.50. The molecule has 4 aromatic rings. The molecule has 1 unspecified atom stereocenters. The van der Waals surface area contributed by atoms with Crippen LogP contribution in [-0.2, 0) is 29.2 Å². The number of halogens is 3. The summed E-state index contributed by atoms with van der Waals surface area (Å²) in [6.45, 7) is 5.18. The molecule has 4 heterocycles. The summed E-state index contributed by atoms with van der Waals surface area (Å²) < 4.78 is 32.7. The zero-order chi connectivity index (χ0) is 40.0. The molecule has 1 saturated carbocycles. The van der Waals surface area contributed by atoms with Gasteiger partial charge in [0.05, 0.1) is 27.6 Å². The van der Waals surface area contributed by atoms with Crippen molar-refractivity contribution in [3.8, 4) is 34.4 Å². The number of nitrogens with one attached hydrogen (secondary N) is 1. The number of imide groups is 1. The van der Waals surface area contributed by atoms with Crippen molar-refractivity contribution in [1.29, 1.82) is 5.26 Å². The highest BCUT2D eigenvalue weighted by atomic mass is 35.5. The molecule has 5 aliphatic rings. The molecule has 2 atom stereocenters. The van der Waals surface area contributed by atoms with Gasteiger partial charge in [0, 0.05) is 79.7 Å². The summed E-state index contributed by atoms with van der Waals surface area (Å²) >= 11 is 14.0. The normalized spacial score (nSPS) is 22.4. The number of rotatable bonds is 13. The minimum atomic E-state index is -0.710. The number of likely N-dealkylation sites (tertiary alicyclic amines) is 2. The predicted molar refractivity (Wildman–Crippen MR) is 217 cm³/mol. The first-order valence-corrected chi connectivity index (χ1v) is 20.8. The Morgan fingerprint density at radius 3 is 2.59 bits per heavy atom. The molecule has 1 aromatic heterocycles. The zero-order valence-electron chi connectivity index (χ0n) is 32.1. The summed E-state index contributed by atoms with van der Waals surface area (Å²) in [5.41, 5.74) is 5.68. The molecular formula is C45H44Cl2FN5O5. The number of nitriles is 1. The van der Waals surface area contributed by atoms with E-state index in [-0.39, 0.29) is 36.4 Å². The fourth-order valence-corrected chi connectivity index (χ4v) is 10.2. The van der Waals surface area contributed by atoms with Gasteiger partial charge in [-0.2, -0.15) is 5.26 Å². The number of amides is 2. The number of hydrogen-bond donors (Lipinski definition) is 1. The maximum Gasteiger partial charge on any atom is 0.234 e. The van der Waals surface area contributed by atoms with Gasteiger partial charge >= 0.3 is 0 Å². The fraction of sp³-hybridized carbons (Fsp3) is 0.422. The maximum atomic E-state index is 13.4. The van der Waals surface area contributed by atoms with E-state index < -0.39 is 11.6 Å². The molecule has 13 heteroatoms. The van der Waals surface area contributed by atoms with Crippen molar-refractivity contribution >= 4 is 35.0 Å². The van der Waals surface area contributed by atoms with Crippen molar-refractivity contribution in [3.05, 3.63) is 105 Å². The Labute approximate surface area is 347 Å². The number of benzene rings is 3. The van der Waals surface area contributed by atoms with Gasteiger partial charge in [-0.05, 0) is 80.0 Å². The largest absolute Gasteiger partial charge is 0.492 e. The van der Waals surface area contributed by atoms with E-state index in [0.29, 0.717) is 78.4 Å². The van der Waals surface area contributed by atoms with E-state index in [2.05, 4.69) is 38.3 Å². The molecule has 10 nitrogen and oxygen atoms in total. The minimum absolute atomic E-state index is 0.164. The van der Waals surface area contributed by atoms with Crippen molar-refractivity contribution in [2.75, 3.05) is 39.3 Å². The Morgan fingerprint density at radius 2 is 1.79 bits per heavy atom. The molecular weight excluding hydrogens is 780 g/mol. The number of ether oxygens (including phenoxy) is 3. The lowest BCUT2D eigenvalue weighted by atomic mass is 9.62. The molecule has 2 amide bonds. The molecule has 4 fully saturated rings. The van der Waals surface area contributed by atoms with Crippen molar-refractivity contribution in [2.24, 2.45) is 10.8 Å². The van der Waals surface area contributed by atoms with Gasteiger partial charge in [0.25, 0.3) is 0 Å². The molecule has 1 N–H and O–H groups in total. The third kappa shape index (κ3) is 7.63. The van der Waals surface area contributed by atoms with Gasteiger partial charge < -0.3 is 19.1 Å². The van der Waals surface area contributed by atoms with E-state index in [9.17, 15) is 19.2 Å². The van der Waals surface area contributed by atoms with E-state index in [1.54, 1.807) is 12.3 Å². The van der Waals surface area contributed by atoms with Gasteiger partial charge in [0.1, 0.15) is 42.2 Å². The lowest BCUT2D eigenvalue weighted by Crippen LogP contribution is -2.62. The fourth-order valence-electron chi connectivity index (χ4n) is 9.71. The van der Waals surface area contributed by atoms with Gasteiger partial charge in [-0.15, -0.1) is 0 Å². The van der Waals surface area contributed by atoms with Crippen LogP contribution in [0.1, 0.15) is 72.4 Å². The van der Waals surface area contributed by atoms with E-state index in [1.807, 2.05) is 36.4 Å². The zero-order valence-corrected chi connectivity index (χ0v) is 33.6. The van der Waals surface area contributed by atoms with Crippen LogP contribution in [0.5, 0.6) is 17.2 Å². The van der Waals surface area contributed by atoms with E-state index in [1.165, 1.54) is 6.20 Å². The number of fused-ring (bicyclic) bond motifs is 1. The molecule has 3 aromatic carbocycles. The van der Waals surface area contributed by atoms with Gasteiger partial charge in [-0.25, -0.2) is 4.39 Å². The maximum absolute atomic E-state index is 13.4. The van der Waals surface area contributed by atoms with Crippen LogP contribution in [0.2, 0.25) is 10.0 Å². The SMILES string of the molecule is N#Cc1cncc(COc2cc(O[C@H]3CCc4c(-c5cccc(OCCCN6CC7(CC(F)C7)C6)c5Cl)cccc43)c(Cl)cc2CN2CCC3(CC(=O)NC3=O)C2)c1. The summed E-state index contributed by atoms with van der Waals surface area (Å²) in [7, 11) is 0. The predicted octanol–water partition coefficient (Wildman–Crippen LogP) is 8.01. The first-order chi connectivity index (χ1) is 28.1. The molecule has 2 spiro atoms. The van der Waals surface area contributed by atoms with E-state index in [0.717, 1.165) is 72.3 Å². The van der Waals surface area contributed by atoms with Crippen molar-refractivity contribution in [1.82, 2.24) is 20.1 Å². The van der Waals surface area contributed by atoms with Crippen LogP contribution in [0, 0.1) is 22.2 Å². The molecule has 3 saturated heterocycles. The third-order valence-electron chi connectivity index (χ3n) is 12.5. The van der Waals surface area contributed by atoms with Crippen LogP contribution in [0.25, 0.3) is 11.1 Å². The van der Waals surface area contributed by atoms with Crippen LogP contribution in [0.4, 0.5) is 4.39 Å². The number of alkyl halides is 1. The standard InChI is InChI=1S/C45H44Cl2FN5O5/c46-36-15-30(23-52-12-10-45(27-52)19-41(54)51-43(45)55)39(57-24-29-14-28(20-49)21-50-22-29)16-40(36)58-37-9-8-33-32(4-1-5-34(33)37)35-6-2-7-38(42(35)47)56-13-3-11-53-25-44(26-53)17-31(48)18-44/h1-2,4-7,14-16,21-22,31,37H,3,8-13,17-19,23-27H2,(H,51,54,55)/t37-,45?/m0/s1. The van der Waals surface area contributed by atoms with E-state index in [4.69, 9.17) is 37.4 Å². The minimum Gasteiger partial charge on any atom is -0.492 e. The molecule has 3 aliphatic heterocycles. The Hall–Kier alpha value is -4.73. The highest BCUT2D eigenvalue weighted by molar-refractivity contribution is 6.35. The van der Waals surface area contributed by atoms with Crippen LogP contribution in [-0.4, -0.2) is 72.1 Å². The molecule has 0 bridgehead atoms. The van der Waals surface area contributed by atoms with Crippen molar-refractivity contribution in [3.63, 3.8) is 0 Å². The Kier molecular flexibility index (Phi) is 10.6. The monoisotopic (exact) mass is 823 g/mol. The number of nitrogens with zero attached hydrogens (tertiary/aromatic N) is 4. The first kappa shape index (κ1) is 38.8. The second kappa shape index (κ2) is 15.8. The summed E-state index contributed by atoms with van der Waals surface area (Å²) in [5.74, 6) is 1.26. The van der Waals surface area contributed by atoms with Gasteiger partial charge in [0.2, 0.25) is 11.8 Å². The topological polar surface area (TPSA) is 117 Å². The summed E-state index contributed by atoms with van der Waals surface area (Å²) in [5, 5.41) is 12.9. The van der Waals surface area contributed by atoms with Crippen LogP contribution < -0.4 is 19.5 Å². The van der Waals surface area contributed by atoms with Crippen molar-refractivity contribution < 1.29 is 28.2 Å². The van der Waals surface area contributed by atoms with Crippen LogP contribution >= 0.6 is 23.2 Å². The smallest absolute Gasteiger partial charge is 0.234 e. The molecule has 300 valence electrons. The Morgan fingerprint density at radius 1 is 0.966 bits per heavy atom. The third-order valence-corrected chi connectivity index (χ3v) is 13.2. The molecule has 2 aliphatic carbocycles. The molecule has 58 heavy (non-hydrogen) atoms. The van der Waals surface area contributed by atoms with Gasteiger partial charge in [-0.1, -0.05) is 53.5 Å².